The maximum absolute atomic E-state index is 12.6. The summed E-state index contributed by atoms with van der Waals surface area (Å²) in [6.07, 6.45) is 8.83. The van der Waals surface area contributed by atoms with Crippen LogP contribution in [0.25, 0.3) is 0 Å². The molecule has 5 nitrogen and oxygen atoms in total. The van der Waals surface area contributed by atoms with Gasteiger partial charge in [-0.2, -0.15) is 0 Å². The predicted octanol–water partition coefficient (Wildman–Crippen LogP) is 7.57. The third kappa shape index (κ3) is 9.57. The van der Waals surface area contributed by atoms with Gasteiger partial charge in [0.2, 0.25) is 0 Å². The Labute approximate surface area is 213 Å². The molecule has 1 aliphatic carbocycles. The van der Waals surface area contributed by atoms with E-state index in [2.05, 4.69) is 46.9 Å². The summed E-state index contributed by atoms with van der Waals surface area (Å²) < 4.78 is 13.1. The molecule has 0 bridgehead atoms. The first kappa shape index (κ1) is 29.3. The van der Waals surface area contributed by atoms with Crippen LogP contribution in [-0.2, 0) is 14.0 Å². The Morgan fingerprint density at radius 2 is 1.77 bits per heavy atom. The minimum Gasteiger partial charge on any atom is -0.488 e. The zero-order chi connectivity index (χ0) is 26.1. The SMILES string of the molecule is CC(Oc1ccccc1)C(CCC1=CCC(=O)[C@@H]1CCCCCCC(=O)O)O[Si](C)(C)C(C)(C)C. The number of ether oxygens (including phenoxy) is 1. The quantitative estimate of drug-likeness (QED) is 0.152. The Kier molecular flexibility index (Phi) is 11.2. The third-order valence-electron chi connectivity index (χ3n) is 7.59. The summed E-state index contributed by atoms with van der Waals surface area (Å²) in [5.41, 5.74) is 1.25. The largest absolute Gasteiger partial charge is 0.488 e. The van der Waals surface area contributed by atoms with Gasteiger partial charge < -0.3 is 14.3 Å². The number of hydrogen-bond acceptors (Lipinski definition) is 4. The molecule has 2 unspecified atom stereocenters. The van der Waals surface area contributed by atoms with Crippen LogP contribution in [0.15, 0.2) is 42.0 Å². The van der Waals surface area contributed by atoms with Gasteiger partial charge in [0.05, 0.1) is 6.10 Å². The van der Waals surface area contributed by atoms with Crippen LogP contribution in [-0.4, -0.2) is 37.4 Å². The van der Waals surface area contributed by atoms with Crippen molar-refractivity contribution in [3.63, 3.8) is 0 Å². The van der Waals surface area contributed by atoms with Crippen LogP contribution in [0.5, 0.6) is 5.75 Å². The summed E-state index contributed by atoms with van der Waals surface area (Å²) >= 11 is 0. The normalized spacial score (nSPS) is 18.3. The number of carboxylic acids is 1. The number of hydrogen-bond donors (Lipinski definition) is 1. The van der Waals surface area contributed by atoms with Crippen molar-refractivity contribution < 1.29 is 23.9 Å². The number of aliphatic carboxylic acids is 1. The molecule has 3 atom stereocenters. The molecule has 0 radical (unpaired) electrons. The molecule has 1 aromatic rings. The standard InChI is InChI=1S/C29H46O5Si/c1-22(33-24-14-10-9-11-15-24)27(34-35(5,6)29(2,3)4)21-19-23-18-20-26(30)25(23)16-12-7-8-13-17-28(31)32/h9-11,14-15,18,22,25,27H,7-8,12-13,16-17,19-21H2,1-6H3,(H,31,32)/t22?,25-,27?/m1/s1. The van der Waals surface area contributed by atoms with Crippen molar-refractivity contribution in [1.29, 1.82) is 0 Å². The molecule has 0 fully saturated rings. The summed E-state index contributed by atoms with van der Waals surface area (Å²) in [6, 6.07) is 9.89. The molecule has 35 heavy (non-hydrogen) atoms. The second-order valence-corrected chi connectivity index (χ2v) is 16.2. The van der Waals surface area contributed by atoms with Crippen molar-refractivity contribution in [3.05, 3.63) is 42.0 Å². The van der Waals surface area contributed by atoms with Crippen molar-refractivity contribution in [2.75, 3.05) is 0 Å². The molecule has 0 heterocycles. The van der Waals surface area contributed by atoms with E-state index in [1.54, 1.807) is 0 Å². The van der Waals surface area contributed by atoms with Crippen LogP contribution in [0.2, 0.25) is 18.1 Å². The maximum Gasteiger partial charge on any atom is 0.303 e. The van der Waals surface area contributed by atoms with Crippen LogP contribution in [0.3, 0.4) is 0 Å². The van der Waals surface area contributed by atoms with Gasteiger partial charge in [-0.3, -0.25) is 9.59 Å². The summed E-state index contributed by atoms with van der Waals surface area (Å²) in [4.78, 5) is 23.3. The smallest absolute Gasteiger partial charge is 0.303 e. The van der Waals surface area contributed by atoms with Gasteiger partial charge in [0, 0.05) is 18.8 Å². The molecule has 196 valence electrons. The maximum atomic E-state index is 12.6. The molecule has 0 amide bonds. The molecule has 2 rings (SSSR count). The van der Waals surface area contributed by atoms with Gasteiger partial charge in [-0.15, -0.1) is 0 Å². The van der Waals surface area contributed by atoms with E-state index < -0.39 is 14.3 Å². The van der Waals surface area contributed by atoms with Crippen molar-refractivity contribution in [3.8, 4) is 5.75 Å². The van der Waals surface area contributed by atoms with Gasteiger partial charge >= 0.3 is 5.97 Å². The lowest BCUT2D eigenvalue weighted by Gasteiger charge is -2.41. The van der Waals surface area contributed by atoms with Crippen LogP contribution in [0.4, 0.5) is 0 Å². The van der Waals surface area contributed by atoms with Gasteiger partial charge in [-0.05, 0) is 62.9 Å². The van der Waals surface area contributed by atoms with Crippen molar-refractivity contribution >= 4 is 20.1 Å². The summed E-state index contributed by atoms with van der Waals surface area (Å²) in [5, 5.41) is 8.88. The molecule has 1 aromatic carbocycles. The molecular weight excluding hydrogens is 456 g/mol. The van der Waals surface area contributed by atoms with Gasteiger partial charge in [0.1, 0.15) is 17.6 Å². The summed E-state index contributed by atoms with van der Waals surface area (Å²) in [5.74, 6) is 0.440. The van der Waals surface area contributed by atoms with E-state index in [1.165, 1.54) is 5.57 Å². The fourth-order valence-electron chi connectivity index (χ4n) is 4.37. The molecule has 0 spiro atoms. The highest BCUT2D eigenvalue weighted by molar-refractivity contribution is 6.74. The Morgan fingerprint density at radius 3 is 2.40 bits per heavy atom. The van der Waals surface area contributed by atoms with E-state index >= 15 is 0 Å². The highest BCUT2D eigenvalue weighted by atomic mass is 28.4. The van der Waals surface area contributed by atoms with Crippen molar-refractivity contribution in [2.45, 2.75) is 116 Å². The number of benzene rings is 1. The van der Waals surface area contributed by atoms with Crippen LogP contribution in [0.1, 0.15) is 85.5 Å². The Balaban J connectivity index is 1.99. The predicted molar refractivity (Wildman–Crippen MR) is 144 cm³/mol. The molecule has 6 heteroatoms. The number of unbranched alkanes of at least 4 members (excludes halogenated alkanes) is 3. The lowest BCUT2D eigenvalue weighted by molar-refractivity contribution is -0.137. The Bertz CT molecular complexity index is 840. The number of carbonyl (C=O) groups excluding carboxylic acids is 1. The summed E-state index contributed by atoms with van der Waals surface area (Å²) in [6.45, 7) is 13.4. The molecule has 0 saturated heterocycles. The molecule has 0 saturated carbocycles. The van der Waals surface area contributed by atoms with E-state index in [1.807, 2.05) is 30.3 Å². The van der Waals surface area contributed by atoms with Crippen LogP contribution >= 0.6 is 0 Å². The number of carbonyl (C=O) groups is 2. The van der Waals surface area contributed by atoms with E-state index in [4.69, 9.17) is 14.3 Å². The highest BCUT2D eigenvalue weighted by Crippen LogP contribution is 2.39. The van der Waals surface area contributed by atoms with E-state index in [-0.39, 0.29) is 29.6 Å². The second kappa shape index (κ2) is 13.4. The number of rotatable bonds is 15. The van der Waals surface area contributed by atoms with Gasteiger partial charge in [0.25, 0.3) is 0 Å². The fraction of sp³-hybridized carbons (Fsp3) is 0.655. The number of carboxylic acid groups (broad SMARTS) is 1. The molecular formula is C29H46O5Si. The highest BCUT2D eigenvalue weighted by Gasteiger charge is 2.41. The number of allylic oxidation sites excluding steroid dienone is 2. The van der Waals surface area contributed by atoms with Gasteiger partial charge in [-0.1, -0.05) is 69.9 Å². The van der Waals surface area contributed by atoms with Crippen molar-refractivity contribution in [1.82, 2.24) is 0 Å². The molecule has 0 aromatic heterocycles. The fourth-order valence-corrected chi connectivity index (χ4v) is 5.79. The Morgan fingerprint density at radius 1 is 1.11 bits per heavy atom. The van der Waals surface area contributed by atoms with E-state index in [9.17, 15) is 9.59 Å². The number of para-hydroxylation sites is 1. The zero-order valence-corrected chi connectivity index (χ0v) is 23.6. The monoisotopic (exact) mass is 502 g/mol. The number of Topliss-reactive ketones (excluding diaryl/α,β-unsaturated/α-hetero) is 1. The minimum atomic E-state index is -2.01. The minimum absolute atomic E-state index is 0.00772. The van der Waals surface area contributed by atoms with E-state index in [0.717, 1.165) is 44.3 Å². The summed E-state index contributed by atoms with van der Waals surface area (Å²) in [7, 11) is -2.01. The third-order valence-corrected chi connectivity index (χ3v) is 12.1. The molecule has 1 aliphatic rings. The first-order valence-corrected chi connectivity index (χ1v) is 16.1. The van der Waals surface area contributed by atoms with E-state index in [0.29, 0.717) is 18.6 Å². The topological polar surface area (TPSA) is 72.8 Å². The average Bonchev–Trinajstić information content (AvgIpc) is 3.12. The van der Waals surface area contributed by atoms with Crippen LogP contribution in [0, 0.1) is 5.92 Å². The lowest BCUT2D eigenvalue weighted by Crippen LogP contribution is -2.47. The zero-order valence-electron chi connectivity index (χ0n) is 22.6. The van der Waals surface area contributed by atoms with Crippen LogP contribution < -0.4 is 4.74 Å². The van der Waals surface area contributed by atoms with Gasteiger partial charge in [0.15, 0.2) is 8.32 Å². The second-order valence-electron chi connectivity index (χ2n) is 11.4. The Hall–Kier alpha value is -1.92. The molecule has 1 N–H and O–H groups in total. The lowest BCUT2D eigenvalue weighted by atomic mass is 9.90. The van der Waals surface area contributed by atoms with Gasteiger partial charge in [-0.25, -0.2) is 0 Å². The average molecular weight is 503 g/mol. The van der Waals surface area contributed by atoms with Crippen molar-refractivity contribution in [2.24, 2.45) is 5.92 Å². The number of ketones is 1. The first-order chi connectivity index (χ1) is 16.4. The first-order valence-electron chi connectivity index (χ1n) is 13.2. The molecule has 0 aliphatic heterocycles.